The summed E-state index contributed by atoms with van der Waals surface area (Å²) in [5.74, 6) is -0.716. The number of aromatic carboxylic acids is 1. The van der Waals surface area contributed by atoms with E-state index in [0.29, 0.717) is 6.54 Å². The van der Waals surface area contributed by atoms with E-state index in [1.807, 2.05) is 24.3 Å². The van der Waals surface area contributed by atoms with Crippen molar-refractivity contribution in [2.75, 3.05) is 13.7 Å². The van der Waals surface area contributed by atoms with Gasteiger partial charge in [-0.2, -0.15) is 0 Å². The van der Waals surface area contributed by atoms with E-state index in [0.717, 1.165) is 24.2 Å². The van der Waals surface area contributed by atoms with Gasteiger partial charge in [0, 0.05) is 17.5 Å². The lowest BCUT2D eigenvalue weighted by Gasteiger charge is -2.19. The molecule has 1 amide bonds. The quantitative estimate of drug-likeness (QED) is 0.850. The second kappa shape index (κ2) is 6.31. The number of rotatable bonds is 6. The molecule has 0 saturated heterocycles. The van der Waals surface area contributed by atoms with Crippen molar-refractivity contribution in [2.45, 2.75) is 18.3 Å². The number of methoxy groups -OCH3 is 1. The van der Waals surface area contributed by atoms with Crippen LogP contribution < -0.4 is 10.1 Å². The average molecular weight is 326 g/mol. The number of nitrogens with one attached hydrogen (secondary N) is 1. The van der Waals surface area contributed by atoms with Gasteiger partial charge in [0.05, 0.1) is 7.11 Å². The lowest BCUT2D eigenvalue weighted by Crippen LogP contribution is -2.33. The summed E-state index contributed by atoms with van der Waals surface area (Å²) < 4.78 is 5.41. The summed E-state index contributed by atoms with van der Waals surface area (Å²) in [6.45, 7) is 0.463. The fourth-order valence-corrected chi connectivity index (χ4v) is 2.80. The number of ether oxygens (including phenoxy) is 1. The first-order valence-corrected chi connectivity index (χ1v) is 7.68. The molecule has 1 aliphatic carbocycles. The molecule has 0 radical (unpaired) electrons. The molecular formula is C18H18N2O4. The highest BCUT2D eigenvalue weighted by Gasteiger charge is 2.46. The number of aromatic nitrogens is 1. The lowest BCUT2D eigenvalue weighted by molar-refractivity contribution is 0.0690. The molecule has 1 aromatic heterocycles. The topological polar surface area (TPSA) is 88.5 Å². The Morgan fingerprint density at radius 2 is 1.88 bits per heavy atom. The molecule has 0 aliphatic heterocycles. The molecule has 3 rings (SSSR count). The number of para-hydroxylation sites is 1. The van der Waals surface area contributed by atoms with E-state index in [9.17, 15) is 9.59 Å². The first kappa shape index (κ1) is 16.0. The number of carboxylic acids is 1. The summed E-state index contributed by atoms with van der Waals surface area (Å²) in [6.07, 6.45) is 1.94. The minimum Gasteiger partial charge on any atom is -0.496 e. The van der Waals surface area contributed by atoms with Crippen molar-refractivity contribution in [3.63, 3.8) is 0 Å². The van der Waals surface area contributed by atoms with Gasteiger partial charge in [-0.1, -0.05) is 24.3 Å². The molecule has 1 fully saturated rings. The van der Waals surface area contributed by atoms with Crippen molar-refractivity contribution in [1.82, 2.24) is 10.3 Å². The van der Waals surface area contributed by atoms with Gasteiger partial charge in [-0.3, -0.25) is 4.79 Å². The maximum Gasteiger partial charge on any atom is 0.354 e. The minimum absolute atomic E-state index is 0.103. The van der Waals surface area contributed by atoms with Crippen LogP contribution in [-0.2, 0) is 5.41 Å². The number of nitrogens with zero attached hydrogens (tertiary/aromatic N) is 1. The molecule has 24 heavy (non-hydrogen) atoms. The van der Waals surface area contributed by atoms with Gasteiger partial charge in [0.1, 0.15) is 17.1 Å². The largest absolute Gasteiger partial charge is 0.496 e. The van der Waals surface area contributed by atoms with Crippen molar-refractivity contribution in [1.29, 1.82) is 0 Å². The van der Waals surface area contributed by atoms with Crippen molar-refractivity contribution >= 4 is 11.9 Å². The Hall–Kier alpha value is -2.89. The van der Waals surface area contributed by atoms with Crippen LogP contribution in [0.3, 0.4) is 0 Å². The number of carbonyl (C=O) groups is 2. The molecule has 1 heterocycles. The molecular weight excluding hydrogens is 308 g/mol. The highest BCUT2D eigenvalue weighted by molar-refractivity contribution is 5.94. The van der Waals surface area contributed by atoms with E-state index in [2.05, 4.69) is 10.3 Å². The third-order valence-corrected chi connectivity index (χ3v) is 4.32. The number of pyridine rings is 1. The van der Waals surface area contributed by atoms with Crippen LogP contribution in [-0.4, -0.2) is 35.6 Å². The maximum absolute atomic E-state index is 12.3. The number of amides is 1. The van der Waals surface area contributed by atoms with Crippen molar-refractivity contribution in [2.24, 2.45) is 0 Å². The van der Waals surface area contributed by atoms with Gasteiger partial charge in [-0.15, -0.1) is 0 Å². The van der Waals surface area contributed by atoms with Gasteiger partial charge < -0.3 is 15.2 Å². The monoisotopic (exact) mass is 326 g/mol. The Kier molecular flexibility index (Phi) is 4.20. The van der Waals surface area contributed by atoms with Crippen LogP contribution in [0.4, 0.5) is 0 Å². The number of benzene rings is 1. The zero-order chi connectivity index (χ0) is 17.2. The molecule has 0 unspecified atom stereocenters. The molecule has 0 bridgehead atoms. The highest BCUT2D eigenvalue weighted by Crippen LogP contribution is 2.50. The summed E-state index contributed by atoms with van der Waals surface area (Å²) >= 11 is 0. The van der Waals surface area contributed by atoms with Crippen LogP contribution in [0.25, 0.3) is 0 Å². The van der Waals surface area contributed by atoms with Gasteiger partial charge in [-0.05, 0) is 31.0 Å². The average Bonchev–Trinajstić information content (AvgIpc) is 3.40. The molecule has 1 aliphatic rings. The summed E-state index contributed by atoms with van der Waals surface area (Å²) in [5, 5.41) is 11.8. The SMILES string of the molecule is COc1ccccc1C1(CNC(=O)c2cccc(C(=O)O)n2)CC1. The predicted molar refractivity (Wildman–Crippen MR) is 87.4 cm³/mol. The van der Waals surface area contributed by atoms with Gasteiger partial charge in [0.15, 0.2) is 0 Å². The van der Waals surface area contributed by atoms with Crippen LogP contribution in [0.1, 0.15) is 39.4 Å². The summed E-state index contributed by atoms with van der Waals surface area (Å²) in [6, 6.07) is 12.2. The summed E-state index contributed by atoms with van der Waals surface area (Å²) in [5.41, 5.74) is 0.923. The first-order chi connectivity index (χ1) is 11.6. The first-order valence-electron chi connectivity index (χ1n) is 7.68. The van der Waals surface area contributed by atoms with Crippen LogP contribution in [0.5, 0.6) is 5.75 Å². The third-order valence-electron chi connectivity index (χ3n) is 4.32. The lowest BCUT2D eigenvalue weighted by atomic mass is 9.95. The second-order valence-corrected chi connectivity index (χ2v) is 5.88. The molecule has 0 atom stereocenters. The zero-order valence-electron chi connectivity index (χ0n) is 13.3. The standard InChI is InChI=1S/C18H18N2O4/c1-24-15-8-3-2-5-12(15)18(9-10-18)11-19-16(21)13-6-4-7-14(20-13)17(22)23/h2-8H,9-11H2,1H3,(H,19,21)(H,22,23). The third kappa shape index (κ3) is 3.08. The van der Waals surface area contributed by atoms with Gasteiger partial charge in [-0.25, -0.2) is 9.78 Å². The summed E-state index contributed by atoms with van der Waals surface area (Å²) in [7, 11) is 1.63. The van der Waals surface area contributed by atoms with Gasteiger partial charge in [0.2, 0.25) is 0 Å². The molecule has 1 aromatic carbocycles. The van der Waals surface area contributed by atoms with Gasteiger partial charge >= 0.3 is 5.97 Å². The van der Waals surface area contributed by atoms with E-state index >= 15 is 0 Å². The number of hydrogen-bond donors (Lipinski definition) is 2. The minimum atomic E-state index is -1.16. The molecule has 6 nitrogen and oxygen atoms in total. The molecule has 1 saturated carbocycles. The zero-order valence-corrected chi connectivity index (χ0v) is 13.3. The van der Waals surface area contributed by atoms with E-state index in [1.165, 1.54) is 18.2 Å². The summed E-state index contributed by atoms with van der Waals surface area (Å²) in [4.78, 5) is 27.1. The predicted octanol–water partition coefficient (Wildman–Crippen LogP) is 2.25. The number of carboxylic acid groups (broad SMARTS) is 1. The Morgan fingerprint density at radius 1 is 1.17 bits per heavy atom. The molecule has 124 valence electrons. The van der Waals surface area contributed by atoms with E-state index in [-0.39, 0.29) is 22.7 Å². The molecule has 2 aromatic rings. The van der Waals surface area contributed by atoms with Crippen LogP contribution in [0, 0.1) is 0 Å². The number of hydrogen-bond acceptors (Lipinski definition) is 4. The molecule has 6 heteroatoms. The van der Waals surface area contributed by atoms with Gasteiger partial charge in [0.25, 0.3) is 5.91 Å². The molecule has 0 spiro atoms. The fourth-order valence-electron chi connectivity index (χ4n) is 2.80. The second-order valence-electron chi connectivity index (χ2n) is 5.88. The van der Waals surface area contributed by atoms with Crippen LogP contribution in [0.15, 0.2) is 42.5 Å². The number of carbonyl (C=O) groups excluding carboxylic acids is 1. The van der Waals surface area contributed by atoms with Crippen molar-refractivity contribution in [3.8, 4) is 5.75 Å². The van der Waals surface area contributed by atoms with E-state index in [4.69, 9.17) is 9.84 Å². The Bertz CT molecular complexity index is 784. The Balaban J connectivity index is 1.72. The van der Waals surface area contributed by atoms with E-state index in [1.54, 1.807) is 7.11 Å². The Morgan fingerprint density at radius 3 is 2.54 bits per heavy atom. The smallest absolute Gasteiger partial charge is 0.354 e. The normalized spacial score (nSPS) is 14.7. The molecule has 2 N–H and O–H groups in total. The van der Waals surface area contributed by atoms with Crippen LogP contribution in [0.2, 0.25) is 0 Å². The highest BCUT2D eigenvalue weighted by atomic mass is 16.5. The Labute approximate surface area is 139 Å². The van der Waals surface area contributed by atoms with E-state index < -0.39 is 5.97 Å². The maximum atomic E-state index is 12.3. The van der Waals surface area contributed by atoms with Crippen LogP contribution >= 0.6 is 0 Å². The van der Waals surface area contributed by atoms with Crippen molar-refractivity contribution in [3.05, 3.63) is 59.4 Å². The fraction of sp³-hybridized carbons (Fsp3) is 0.278. The van der Waals surface area contributed by atoms with Crippen molar-refractivity contribution < 1.29 is 19.4 Å².